The minimum absolute atomic E-state index is 0.0354. The molecule has 1 aliphatic heterocycles. The van der Waals surface area contributed by atoms with Crippen molar-refractivity contribution >= 4 is 5.69 Å². The fraction of sp³-hybridized carbons (Fsp3) is 0.625. The minimum Gasteiger partial charge on any atom is -0.482 e. The number of hydrogen-bond donors (Lipinski definition) is 0. The fourth-order valence-corrected chi connectivity index (χ4v) is 2.67. The highest BCUT2D eigenvalue weighted by molar-refractivity contribution is 5.47. The molecule has 1 saturated carbocycles. The molecule has 0 N–H and O–H groups in total. The van der Waals surface area contributed by atoms with Gasteiger partial charge in [-0.05, 0) is 37.3 Å². The summed E-state index contributed by atoms with van der Waals surface area (Å²) in [6.07, 6.45) is 3.35. The molecule has 2 fully saturated rings. The summed E-state index contributed by atoms with van der Waals surface area (Å²) in [5, 5.41) is 10.9. The van der Waals surface area contributed by atoms with Gasteiger partial charge >= 0.3 is 5.69 Å². The van der Waals surface area contributed by atoms with Crippen molar-refractivity contribution in [2.45, 2.75) is 39.2 Å². The van der Waals surface area contributed by atoms with E-state index >= 15 is 0 Å². The highest BCUT2D eigenvalue weighted by atomic mass is 19.1. The minimum atomic E-state index is -0.847. The third kappa shape index (κ3) is 4.16. The molecule has 6 heteroatoms. The topological polar surface area (TPSA) is 55.6 Å². The zero-order valence-electron chi connectivity index (χ0n) is 13.1. The monoisotopic (exact) mass is 310 g/mol. The van der Waals surface area contributed by atoms with E-state index in [0.717, 1.165) is 38.0 Å². The Morgan fingerprint density at radius 1 is 1.36 bits per heavy atom. The van der Waals surface area contributed by atoms with Crippen molar-refractivity contribution in [2.24, 2.45) is 5.92 Å². The molecule has 122 valence electrons. The van der Waals surface area contributed by atoms with Crippen LogP contribution in [-0.4, -0.2) is 35.6 Å². The Hall–Kier alpha value is -1.69. The van der Waals surface area contributed by atoms with Gasteiger partial charge in [0.05, 0.1) is 4.92 Å². The van der Waals surface area contributed by atoms with E-state index in [1.54, 1.807) is 0 Å². The molecule has 5 nitrogen and oxygen atoms in total. The molecule has 0 aromatic heterocycles. The molecule has 1 aromatic rings. The Morgan fingerprint density at radius 2 is 2.09 bits per heavy atom. The predicted octanol–water partition coefficient (Wildman–Crippen LogP) is 3.62. The molecule has 1 aliphatic carbocycles. The Bertz CT molecular complexity index is 520. The summed E-state index contributed by atoms with van der Waals surface area (Å²) in [6.45, 7) is 6.81. The van der Waals surface area contributed by atoms with E-state index in [4.69, 9.17) is 4.74 Å². The van der Waals surface area contributed by atoms with Crippen molar-refractivity contribution in [1.82, 2.24) is 4.90 Å². The lowest BCUT2D eigenvalue weighted by molar-refractivity contribution is -0.388. The summed E-state index contributed by atoms with van der Waals surface area (Å²) in [6, 6.07) is 3.98. The lowest BCUT2D eigenvalue weighted by atomic mass is 10.2. The van der Waals surface area contributed by atoms with Crippen molar-refractivity contribution in [3.63, 3.8) is 0 Å². The number of hydrogen-bond acceptors (Lipinski definition) is 4. The van der Waals surface area contributed by atoms with Crippen molar-refractivity contribution < 1.29 is 14.1 Å². The van der Waals surface area contributed by atoms with Crippen LogP contribution in [-0.2, 0) is 0 Å². The average Bonchev–Trinajstić information content (AvgIpc) is 3.20. The smallest absolute Gasteiger partial charge is 0.346 e. The van der Waals surface area contributed by atoms with Crippen molar-refractivity contribution in [2.75, 3.05) is 19.6 Å². The standard InChI is InChI=1S/C14H17FN2O3.C2H6/c15-12-2-1-3-13(14(12)17(18)19)20-11-6-7-16(9-11)8-10-4-5-10;1-2/h1-3,10-11H,4-9H2;1-2H3. The first-order valence-corrected chi connectivity index (χ1v) is 7.95. The molecule has 22 heavy (non-hydrogen) atoms. The number of para-hydroxylation sites is 1. The number of likely N-dealkylation sites (tertiary alicyclic amines) is 1. The van der Waals surface area contributed by atoms with Crippen molar-refractivity contribution in [3.05, 3.63) is 34.1 Å². The largest absolute Gasteiger partial charge is 0.482 e. The molecule has 2 aliphatic rings. The van der Waals surface area contributed by atoms with Crippen LogP contribution in [0, 0.1) is 21.8 Å². The van der Waals surface area contributed by atoms with Crippen molar-refractivity contribution in [3.8, 4) is 5.75 Å². The highest BCUT2D eigenvalue weighted by Gasteiger charge is 2.31. The molecule has 0 radical (unpaired) electrons. The number of rotatable bonds is 5. The first-order valence-electron chi connectivity index (χ1n) is 7.95. The van der Waals surface area contributed by atoms with E-state index in [9.17, 15) is 14.5 Å². The second-order valence-corrected chi connectivity index (χ2v) is 5.58. The van der Waals surface area contributed by atoms with Gasteiger partial charge in [0.1, 0.15) is 6.10 Å². The molecule has 0 spiro atoms. The van der Waals surface area contributed by atoms with E-state index in [2.05, 4.69) is 4.90 Å². The first kappa shape index (κ1) is 16.7. The molecule has 0 amide bonds. The summed E-state index contributed by atoms with van der Waals surface area (Å²) in [5.41, 5.74) is -0.562. The van der Waals surface area contributed by atoms with Crippen LogP contribution < -0.4 is 4.74 Å². The Balaban J connectivity index is 0.000000847. The van der Waals surface area contributed by atoms with Crippen LogP contribution in [0.25, 0.3) is 0 Å². The van der Waals surface area contributed by atoms with Crippen LogP contribution in [0.4, 0.5) is 10.1 Å². The third-order valence-electron chi connectivity index (χ3n) is 3.87. The fourth-order valence-electron chi connectivity index (χ4n) is 2.67. The maximum atomic E-state index is 13.5. The van der Waals surface area contributed by atoms with Gasteiger partial charge in [-0.1, -0.05) is 19.9 Å². The first-order chi connectivity index (χ1) is 10.6. The van der Waals surface area contributed by atoms with Gasteiger partial charge in [-0.15, -0.1) is 0 Å². The number of nitro benzene ring substituents is 1. The quantitative estimate of drug-likeness (QED) is 0.615. The van der Waals surface area contributed by atoms with Gasteiger partial charge in [-0.3, -0.25) is 15.0 Å². The van der Waals surface area contributed by atoms with Gasteiger partial charge < -0.3 is 4.74 Å². The molecule has 1 saturated heterocycles. The van der Waals surface area contributed by atoms with Gasteiger partial charge in [0.2, 0.25) is 11.6 Å². The lowest BCUT2D eigenvalue weighted by Crippen LogP contribution is -2.26. The molecule has 3 rings (SSSR count). The molecule has 1 atom stereocenters. The number of halogens is 1. The average molecular weight is 310 g/mol. The summed E-state index contributed by atoms with van der Waals surface area (Å²) in [4.78, 5) is 12.5. The Morgan fingerprint density at radius 3 is 2.73 bits per heavy atom. The van der Waals surface area contributed by atoms with Crippen LogP contribution in [0.3, 0.4) is 0 Å². The summed E-state index contributed by atoms with van der Waals surface area (Å²) in [7, 11) is 0. The zero-order valence-corrected chi connectivity index (χ0v) is 13.1. The molecule has 1 heterocycles. The number of nitro groups is 1. The van der Waals surface area contributed by atoms with E-state index in [1.807, 2.05) is 13.8 Å². The molecule has 0 bridgehead atoms. The predicted molar refractivity (Wildman–Crippen MR) is 82.6 cm³/mol. The molecule has 1 aromatic carbocycles. The van der Waals surface area contributed by atoms with Crippen LogP contribution in [0.5, 0.6) is 5.75 Å². The van der Waals surface area contributed by atoms with Crippen LogP contribution in [0.2, 0.25) is 0 Å². The Labute approximate surface area is 130 Å². The van der Waals surface area contributed by atoms with Gasteiger partial charge in [-0.25, -0.2) is 0 Å². The zero-order chi connectivity index (χ0) is 16.1. The van der Waals surface area contributed by atoms with E-state index < -0.39 is 16.4 Å². The van der Waals surface area contributed by atoms with Crippen LogP contribution in [0.15, 0.2) is 18.2 Å². The number of benzene rings is 1. The van der Waals surface area contributed by atoms with Crippen LogP contribution in [0.1, 0.15) is 33.1 Å². The van der Waals surface area contributed by atoms with E-state index in [0.29, 0.717) is 0 Å². The van der Waals surface area contributed by atoms with Crippen LogP contribution >= 0.6 is 0 Å². The van der Waals surface area contributed by atoms with E-state index in [1.165, 1.54) is 25.0 Å². The summed E-state index contributed by atoms with van der Waals surface area (Å²) >= 11 is 0. The molecular formula is C16H23FN2O3. The SMILES string of the molecule is CC.O=[N+]([O-])c1c(F)cccc1OC1CCN(CC2CC2)C1. The van der Waals surface area contributed by atoms with E-state index in [-0.39, 0.29) is 11.9 Å². The van der Waals surface area contributed by atoms with Gasteiger partial charge in [0.15, 0.2) is 0 Å². The number of ether oxygens (including phenoxy) is 1. The Kier molecular flexibility index (Phi) is 5.71. The normalized spacial score (nSPS) is 21.1. The van der Waals surface area contributed by atoms with Gasteiger partial charge in [0, 0.05) is 19.6 Å². The third-order valence-corrected chi connectivity index (χ3v) is 3.87. The second kappa shape index (κ2) is 7.54. The summed E-state index contributed by atoms with van der Waals surface area (Å²) in [5.74, 6) is 0.00543. The molecule has 1 unspecified atom stereocenters. The second-order valence-electron chi connectivity index (χ2n) is 5.58. The summed E-state index contributed by atoms with van der Waals surface area (Å²) < 4.78 is 19.2. The maximum absolute atomic E-state index is 13.5. The molecular weight excluding hydrogens is 287 g/mol. The van der Waals surface area contributed by atoms with Crippen molar-refractivity contribution in [1.29, 1.82) is 0 Å². The van der Waals surface area contributed by atoms with Gasteiger partial charge in [0.25, 0.3) is 0 Å². The van der Waals surface area contributed by atoms with Gasteiger partial charge in [-0.2, -0.15) is 4.39 Å². The highest BCUT2D eigenvalue weighted by Crippen LogP contribution is 2.33. The number of nitrogens with zero attached hydrogens (tertiary/aromatic N) is 2. The lowest BCUT2D eigenvalue weighted by Gasteiger charge is -2.16. The maximum Gasteiger partial charge on any atom is 0.346 e.